The minimum atomic E-state index is -1.88. The first-order valence-electron chi connectivity index (χ1n) is 28.4. The summed E-state index contributed by atoms with van der Waals surface area (Å²) in [5.74, 6) is 0. The maximum atomic E-state index is 2.98. The van der Waals surface area contributed by atoms with Gasteiger partial charge in [0, 0.05) is 50.6 Å². The number of rotatable bonds is 7. The molecule has 4 aliphatic heterocycles. The van der Waals surface area contributed by atoms with Crippen molar-refractivity contribution < 1.29 is 0 Å². The van der Waals surface area contributed by atoms with Crippen LogP contribution in [0.5, 0.6) is 0 Å². The van der Waals surface area contributed by atoms with Gasteiger partial charge < -0.3 is 14.7 Å². The molecule has 0 aromatic heterocycles. The van der Waals surface area contributed by atoms with E-state index in [-0.39, 0.29) is 28.6 Å². The average molecular weight is 1000 g/mol. The Morgan fingerprint density at radius 2 is 0.908 bits per heavy atom. The third-order valence-electron chi connectivity index (χ3n) is 20.0. The summed E-state index contributed by atoms with van der Waals surface area (Å²) in [6, 6.07) is 82.6. The SMILES string of the molecule is CC12CCCCC1(c1ccccc1)c1ccccc1N2c1cc2c3c(c1)N1c4c(cc([Si](C)(C)C)cc4C4(c5ccccc5)CCCCC14C)B3c1cc(-c3ccccc3)ccc1N2c1ccc(-c2ccccc2)cc1. The Hall–Kier alpha value is -7.34. The molecule has 15 rings (SSSR count). The lowest BCUT2D eigenvalue weighted by Crippen LogP contribution is -2.65. The number of nitrogens with zero attached hydrogens (tertiary/aromatic N) is 3. The van der Waals surface area contributed by atoms with Crippen molar-refractivity contribution in [2.45, 2.75) is 107 Å². The van der Waals surface area contributed by atoms with Crippen molar-refractivity contribution in [1.29, 1.82) is 0 Å². The van der Waals surface area contributed by atoms with Gasteiger partial charge in [-0.2, -0.15) is 0 Å². The van der Waals surface area contributed by atoms with Crippen LogP contribution in [-0.2, 0) is 10.8 Å². The molecule has 2 aliphatic carbocycles. The summed E-state index contributed by atoms with van der Waals surface area (Å²) in [7, 11) is -1.88. The average Bonchev–Trinajstić information content (AvgIpc) is 4.10. The molecule has 4 heterocycles. The van der Waals surface area contributed by atoms with Gasteiger partial charge in [-0.3, -0.25) is 0 Å². The summed E-state index contributed by atoms with van der Waals surface area (Å²) in [4.78, 5) is 8.51. The molecule has 4 atom stereocenters. The molecule has 2 saturated carbocycles. The van der Waals surface area contributed by atoms with E-state index in [1.54, 1.807) is 10.8 Å². The van der Waals surface area contributed by atoms with E-state index in [0.29, 0.717) is 0 Å². The first-order valence-corrected chi connectivity index (χ1v) is 31.9. The number of fused-ring (bicyclic) bond motifs is 10. The zero-order valence-electron chi connectivity index (χ0n) is 44.8. The molecule has 5 heteroatoms. The Morgan fingerprint density at radius 1 is 0.395 bits per heavy atom. The van der Waals surface area contributed by atoms with Gasteiger partial charge in [0.15, 0.2) is 0 Å². The maximum Gasteiger partial charge on any atom is 0.252 e. The molecular weight excluding hydrogens is 934 g/mol. The maximum absolute atomic E-state index is 2.98. The highest BCUT2D eigenvalue weighted by molar-refractivity contribution is 7.01. The molecule has 3 nitrogen and oxygen atoms in total. The van der Waals surface area contributed by atoms with Crippen LogP contribution in [0.25, 0.3) is 22.3 Å². The van der Waals surface area contributed by atoms with E-state index in [2.05, 4.69) is 261 Å². The molecule has 0 bridgehead atoms. The molecule has 372 valence electrons. The molecule has 0 radical (unpaired) electrons. The first kappa shape index (κ1) is 46.0. The fourth-order valence-corrected chi connectivity index (χ4v) is 17.7. The summed E-state index contributed by atoms with van der Waals surface area (Å²) >= 11 is 0. The predicted octanol–water partition coefficient (Wildman–Crippen LogP) is 15.7. The second-order valence-corrected chi connectivity index (χ2v) is 29.7. The molecular formula is C71H66BN3Si. The second-order valence-electron chi connectivity index (χ2n) is 24.6. The fourth-order valence-electron chi connectivity index (χ4n) is 16.6. The van der Waals surface area contributed by atoms with Crippen LogP contribution < -0.4 is 36.3 Å². The molecule has 76 heavy (non-hydrogen) atoms. The zero-order chi connectivity index (χ0) is 51.2. The number of anilines is 7. The van der Waals surface area contributed by atoms with Gasteiger partial charge >= 0.3 is 0 Å². The van der Waals surface area contributed by atoms with Crippen molar-refractivity contribution in [2.24, 2.45) is 0 Å². The van der Waals surface area contributed by atoms with Gasteiger partial charge in [-0.1, -0.05) is 226 Å². The Kier molecular flexibility index (Phi) is 10.0. The van der Waals surface area contributed by atoms with Crippen molar-refractivity contribution in [3.8, 4) is 22.3 Å². The van der Waals surface area contributed by atoms with Gasteiger partial charge in [0.05, 0.1) is 19.2 Å². The van der Waals surface area contributed by atoms with Crippen LogP contribution in [0.15, 0.2) is 212 Å². The van der Waals surface area contributed by atoms with E-state index in [4.69, 9.17) is 0 Å². The van der Waals surface area contributed by atoms with Crippen molar-refractivity contribution >= 4 is 76.2 Å². The quantitative estimate of drug-likeness (QED) is 0.147. The van der Waals surface area contributed by atoms with Crippen LogP contribution in [0.2, 0.25) is 19.6 Å². The summed E-state index contributed by atoms with van der Waals surface area (Å²) in [6.07, 6.45) is 9.30. The number of hydrogen-bond donors (Lipinski definition) is 0. The highest BCUT2D eigenvalue weighted by atomic mass is 28.3. The monoisotopic (exact) mass is 1000 g/mol. The summed E-state index contributed by atoms with van der Waals surface area (Å²) < 4.78 is 0. The van der Waals surface area contributed by atoms with E-state index in [1.807, 2.05) is 0 Å². The fraction of sp³-hybridized carbons (Fsp3) is 0.239. The second kappa shape index (κ2) is 16.6. The normalized spacial score (nSPS) is 23.5. The predicted molar refractivity (Wildman–Crippen MR) is 325 cm³/mol. The number of benzene rings is 9. The third-order valence-corrected chi connectivity index (χ3v) is 22.0. The van der Waals surface area contributed by atoms with Gasteiger partial charge in [0.25, 0.3) is 6.71 Å². The lowest BCUT2D eigenvalue weighted by Gasteiger charge is -2.55. The molecule has 2 fully saturated rings. The number of hydrogen-bond acceptors (Lipinski definition) is 3. The van der Waals surface area contributed by atoms with Crippen molar-refractivity contribution in [3.05, 3.63) is 235 Å². The van der Waals surface area contributed by atoms with Crippen molar-refractivity contribution in [2.75, 3.05) is 14.7 Å². The Balaban J connectivity index is 1.08. The summed E-state index contributed by atoms with van der Waals surface area (Å²) in [5, 5.41) is 1.56. The van der Waals surface area contributed by atoms with E-state index in [0.717, 1.165) is 25.7 Å². The molecule has 6 aliphatic rings. The standard InChI is InChI=1S/C71H66BN3Si/c1-68-40-20-22-42-70(68,53-28-14-8-15-29-53)58-32-18-19-33-62(58)74(68)56-45-64-66-65(46-56)75-67-59(71(54-30-16-9-17-31-54)43-23-21-41-69(71,75)2)47-57(76(3,4)5)48-61(67)72(66)60-44-52(50-26-12-7-13-27-50)36-39-63(60)73(64)55-37-34-51(35-38-55)49-24-10-6-11-25-49/h6-19,24-39,44-48H,20-23,40-43H2,1-5H3. The van der Waals surface area contributed by atoms with E-state index in [9.17, 15) is 0 Å². The van der Waals surface area contributed by atoms with E-state index >= 15 is 0 Å². The lowest BCUT2D eigenvalue weighted by molar-refractivity contribution is 0.214. The minimum Gasteiger partial charge on any atom is -0.335 e. The van der Waals surface area contributed by atoms with Crippen molar-refractivity contribution in [1.82, 2.24) is 0 Å². The van der Waals surface area contributed by atoms with Crippen LogP contribution in [0.4, 0.5) is 39.8 Å². The van der Waals surface area contributed by atoms with Crippen LogP contribution in [0, 0.1) is 0 Å². The zero-order valence-corrected chi connectivity index (χ0v) is 45.8. The number of para-hydroxylation sites is 1. The largest absolute Gasteiger partial charge is 0.335 e. The Morgan fingerprint density at radius 3 is 1.54 bits per heavy atom. The van der Waals surface area contributed by atoms with Gasteiger partial charge in [0.2, 0.25) is 0 Å². The van der Waals surface area contributed by atoms with E-state index in [1.165, 1.54) is 121 Å². The van der Waals surface area contributed by atoms with E-state index < -0.39 is 8.07 Å². The molecule has 4 unspecified atom stereocenters. The molecule has 0 saturated heterocycles. The lowest BCUT2D eigenvalue weighted by atomic mass is 9.33. The molecule has 0 amide bonds. The Labute approximate surface area is 452 Å². The minimum absolute atomic E-state index is 0.00923. The van der Waals surface area contributed by atoms with Gasteiger partial charge in [-0.05, 0) is 137 Å². The van der Waals surface area contributed by atoms with Gasteiger partial charge in [-0.25, -0.2) is 0 Å². The highest BCUT2D eigenvalue weighted by Crippen LogP contribution is 2.67. The molecule has 9 aromatic rings. The van der Waals surface area contributed by atoms with Gasteiger partial charge in [-0.15, -0.1) is 0 Å². The molecule has 9 aromatic carbocycles. The molecule has 0 spiro atoms. The topological polar surface area (TPSA) is 9.72 Å². The van der Waals surface area contributed by atoms with Crippen LogP contribution in [0.1, 0.15) is 87.5 Å². The van der Waals surface area contributed by atoms with Crippen LogP contribution in [0.3, 0.4) is 0 Å². The molecule has 0 N–H and O–H groups in total. The van der Waals surface area contributed by atoms with Crippen LogP contribution in [-0.4, -0.2) is 25.9 Å². The Bertz CT molecular complexity index is 3760. The third kappa shape index (κ3) is 6.12. The van der Waals surface area contributed by atoms with Crippen LogP contribution >= 0.6 is 0 Å². The smallest absolute Gasteiger partial charge is 0.252 e. The van der Waals surface area contributed by atoms with Crippen molar-refractivity contribution in [3.63, 3.8) is 0 Å². The highest BCUT2D eigenvalue weighted by Gasteiger charge is 2.65. The van der Waals surface area contributed by atoms with Gasteiger partial charge in [0.1, 0.15) is 0 Å². The first-order chi connectivity index (χ1) is 37.0. The summed E-state index contributed by atoms with van der Waals surface area (Å²) in [6.45, 7) is 13.0. The summed E-state index contributed by atoms with van der Waals surface area (Å²) in [5.41, 5.74) is 23.6.